The molecule has 1 aromatic heterocycles. The molecule has 0 N–H and O–H groups in total. The fourth-order valence-corrected chi connectivity index (χ4v) is 5.73. The number of rotatable bonds is 4. The van der Waals surface area contributed by atoms with E-state index in [9.17, 15) is 4.79 Å². The Morgan fingerprint density at radius 2 is 2.00 bits per heavy atom. The Morgan fingerprint density at radius 3 is 2.71 bits per heavy atom. The maximum absolute atomic E-state index is 13.3. The number of nitrogens with zero attached hydrogens (tertiary/aromatic N) is 4. The first-order valence-electron chi connectivity index (χ1n) is 10.3. The van der Waals surface area contributed by atoms with Crippen molar-refractivity contribution in [3.8, 4) is 5.75 Å². The highest BCUT2D eigenvalue weighted by Crippen LogP contribution is 2.48. The number of para-hydroxylation sites is 1. The normalized spacial score (nSPS) is 31.1. The van der Waals surface area contributed by atoms with Crippen LogP contribution in [0.1, 0.15) is 29.9 Å². The van der Waals surface area contributed by atoms with Gasteiger partial charge in [-0.05, 0) is 50.4 Å². The number of methoxy groups -OCH3 is 1. The monoisotopic (exact) mass is 380 g/mol. The van der Waals surface area contributed by atoms with Crippen molar-refractivity contribution in [1.82, 2.24) is 19.6 Å². The molecule has 28 heavy (non-hydrogen) atoms. The second-order valence-electron chi connectivity index (χ2n) is 8.46. The first-order chi connectivity index (χ1) is 13.7. The summed E-state index contributed by atoms with van der Waals surface area (Å²) < 4.78 is 7.44. The molecule has 0 radical (unpaired) electrons. The topological polar surface area (TPSA) is 50.6 Å². The van der Waals surface area contributed by atoms with Crippen LogP contribution in [-0.2, 0) is 11.3 Å². The summed E-state index contributed by atoms with van der Waals surface area (Å²) in [6, 6.07) is 9.02. The average Bonchev–Trinajstić information content (AvgIpc) is 3.34. The van der Waals surface area contributed by atoms with Crippen molar-refractivity contribution in [2.75, 3.05) is 26.7 Å². The van der Waals surface area contributed by atoms with Crippen molar-refractivity contribution in [1.29, 1.82) is 0 Å². The molecule has 1 amide bonds. The Balaban J connectivity index is 1.48. The van der Waals surface area contributed by atoms with Crippen LogP contribution < -0.4 is 4.74 Å². The van der Waals surface area contributed by atoms with Gasteiger partial charge in [0.25, 0.3) is 0 Å². The lowest BCUT2D eigenvalue weighted by molar-refractivity contribution is -0.136. The van der Waals surface area contributed by atoms with Crippen molar-refractivity contribution in [3.63, 3.8) is 0 Å². The lowest BCUT2D eigenvalue weighted by atomic mass is 9.75. The second kappa shape index (κ2) is 6.92. The van der Waals surface area contributed by atoms with E-state index in [2.05, 4.69) is 27.0 Å². The van der Waals surface area contributed by atoms with E-state index in [-0.39, 0.29) is 5.91 Å². The number of ether oxygens (including phenoxy) is 1. The third-order valence-electron chi connectivity index (χ3n) is 6.91. The molecule has 2 aromatic rings. The van der Waals surface area contributed by atoms with Crippen LogP contribution >= 0.6 is 0 Å². The van der Waals surface area contributed by atoms with Gasteiger partial charge >= 0.3 is 0 Å². The largest absolute Gasteiger partial charge is 0.496 e. The number of carbonyl (C=O) groups is 1. The molecule has 2 bridgehead atoms. The molecule has 0 aliphatic carbocycles. The summed E-state index contributed by atoms with van der Waals surface area (Å²) >= 11 is 0. The number of piperidine rings is 3. The first kappa shape index (κ1) is 17.7. The number of benzene rings is 1. The molecule has 0 spiro atoms. The molecule has 1 aromatic carbocycles. The summed E-state index contributed by atoms with van der Waals surface area (Å²) in [5, 5.41) is 4.32. The van der Waals surface area contributed by atoms with Crippen LogP contribution in [0.4, 0.5) is 0 Å². The highest BCUT2D eigenvalue weighted by molar-refractivity contribution is 5.77. The van der Waals surface area contributed by atoms with Gasteiger partial charge in [0.05, 0.1) is 19.3 Å². The molecule has 0 saturated carbocycles. The summed E-state index contributed by atoms with van der Waals surface area (Å²) in [6.07, 6.45) is 6.15. The van der Waals surface area contributed by atoms with E-state index in [0.717, 1.165) is 30.9 Å². The van der Waals surface area contributed by atoms with Gasteiger partial charge in [-0.3, -0.25) is 14.4 Å². The number of aryl methyl sites for hydroxylation is 1. The number of likely N-dealkylation sites (tertiary alicyclic amines) is 1. The Morgan fingerprint density at radius 1 is 1.21 bits per heavy atom. The molecule has 0 unspecified atom stereocenters. The average molecular weight is 380 g/mol. The van der Waals surface area contributed by atoms with E-state index in [1.165, 1.54) is 18.4 Å². The summed E-state index contributed by atoms with van der Waals surface area (Å²) in [5.41, 5.74) is 2.32. The van der Waals surface area contributed by atoms with Gasteiger partial charge in [-0.1, -0.05) is 18.2 Å². The molecule has 6 rings (SSSR count). The van der Waals surface area contributed by atoms with Gasteiger partial charge in [0.2, 0.25) is 5.91 Å². The molecule has 3 atom stereocenters. The van der Waals surface area contributed by atoms with E-state index in [1.807, 2.05) is 31.5 Å². The van der Waals surface area contributed by atoms with Crippen LogP contribution in [0.3, 0.4) is 0 Å². The smallest absolute Gasteiger partial charge is 0.244 e. The van der Waals surface area contributed by atoms with Crippen molar-refractivity contribution in [3.05, 3.63) is 47.8 Å². The van der Waals surface area contributed by atoms with E-state index in [0.29, 0.717) is 30.5 Å². The molecule has 4 fully saturated rings. The van der Waals surface area contributed by atoms with Crippen LogP contribution in [0.15, 0.2) is 36.7 Å². The third kappa shape index (κ3) is 2.82. The van der Waals surface area contributed by atoms with Crippen LogP contribution in [0.25, 0.3) is 0 Å². The number of carbonyl (C=O) groups excluding carboxylic acids is 1. The minimum Gasteiger partial charge on any atom is -0.496 e. The van der Waals surface area contributed by atoms with Gasteiger partial charge < -0.3 is 9.64 Å². The number of fused-ring (bicyclic) bond motifs is 2. The number of aromatic nitrogens is 2. The van der Waals surface area contributed by atoms with E-state index in [1.54, 1.807) is 11.8 Å². The fourth-order valence-electron chi connectivity index (χ4n) is 5.73. The molecule has 4 aliphatic heterocycles. The van der Waals surface area contributed by atoms with Crippen molar-refractivity contribution in [2.24, 2.45) is 5.92 Å². The van der Waals surface area contributed by atoms with Gasteiger partial charge in [-0.15, -0.1) is 0 Å². The molecule has 4 saturated heterocycles. The van der Waals surface area contributed by atoms with Gasteiger partial charge in [0.1, 0.15) is 12.3 Å². The highest BCUT2D eigenvalue weighted by atomic mass is 16.5. The minimum absolute atomic E-state index is 0.184. The minimum atomic E-state index is 0.184. The van der Waals surface area contributed by atoms with Gasteiger partial charge in [0, 0.05) is 30.3 Å². The van der Waals surface area contributed by atoms with Crippen LogP contribution in [-0.4, -0.2) is 64.3 Å². The molecular weight excluding hydrogens is 352 g/mol. The third-order valence-corrected chi connectivity index (χ3v) is 6.91. The molecular formula is C22H28N4O2. The molecule has 6 nitrogen and oxygen atoms in total. The summed E-state index contributed by atoms with van der Waals surface area (Å²) in [6.45, 7) is 5.39. The van der Waals surface area contributed by atoms with E-state index >= 15 is 0 Å². The lowest BCUT2D eigenvalue weighted by Crippen LogP contribution is -2.61. The summed E-state index contributed by atoms with van der Waals surface area (Å²) in [4.78, 5) is 18.1. The quantitative estimate of drug-likeness (QED) is 0.817. The predicted octanol–water partition coefficient (Wildman–Crippen LogP) is 2.29. The first-order valence-corrected chi connectivity index (χ1v) is 10.3. The van der Waals surface area contributed by atoms with Gasteiger partial charge in [0.15, 0.2) is 0 Å². The molecule has 4 aliphatic rings. The fraction of sp³-hybridized carbons (Fsp3) is 0.545. The zero-order valence-electron chi connectivity index (χ0n) is 16.6. The van der Waals surface area contributed by atoms with E-state index < -0.39 is 0 Å². The zero-order chi connectivity index (χ0) is 19.3. The molecule has 148 valence electrons. The van der Waals surface area contributed by atoms with Gasteiger partial charge in [-0.2, -0.15) is 5.10 Å². The summed E-state index contributed by atoms with van der Waals surface area (Å²) in [7, 11) is 1.74. The Labute approximate surface area is 166 Å². The maximum Gasteiger partial charge on any atom is 0.244 e. The maximum atomic E-state index is 13.3. The van der Waals surface area contributed by atoms with Crippen molar-refractivity contribution in [2.45, 2.75) is 44.3 Å². The van der Waals surface area contributed by atoms with E-state index in [4.69, 9.17) is 4.74 Å². The number of amides is 1. The Kier molecular flexibility index (Phi) is 4.38. The Hall–Kier alpha value is -2.34. The number of hydrogen-bond acceptors (Lipinski definition) is 4. The lowest BCUT2D eigenvalue weighted by Gasteiger charge is -2.51. The number of hydrogen-bond donors (Lipinski definition) is 0. The zero-order valence-corrected chi connectivity index (χ0v) is 16.6. The van der Waals surface area contributed by atoms with Gasteiger partial charge in [-0.25, -0.2) is 0 Å². The molecule has 6 heteroatoms. The molecule has 5 heterocycles. The highest BCUT2D eigenvalue weighted by Gasteiger charge is 2.55. The summed E-state index contributed by atoms with van der Waals surface area (Å²) in [5.74, 6) is 2.03. The Bertz CT molecular complexity index is 871. The predicted molar refractivity (Wildman–Crippen MR) is 106 cm³/mol. The van der Waals surface area contributed by atoms with Crippen LogP contribution in [0, 0.1) is 12.8 Å². The van der Waals surface area contributed by atoms with Crippen LogP contribution in [0.2, 0.25) is 0 Å². The standard InChI is InChI=1S/C22H28N4O2/c1-15-11-23-25(12-15)14-20(27)26-13-18(17-5-3-4-6-19(17)28-2)22-21(26)16-7-9-24(22)10-8-16/h3-6,11-12,16,18,21-22H,7-10,13-14H2,1-2H3/t18-,21+,22+/m0/s1. The second-order valence-corrected chi connectivity index (χ2v) is 8.46. The van der Waals surface area contributed by atoms with Crippen LogP contribution in [0.5, 0.6) is 5.75 Å². The van der Waals surface area contributed by atoms with Crippen molar-refractivity contribution >= 4 is 5.91 Å². The SMILES string of the molecule is COc1ccccc1[C@@H]1CN(C(=O)Cn2cc(C)cn2)[C@@H]2C3CCN(CC3)[C@@H]21. The van der Waals surface area contributed by atoms with Crippen molar-refractivity contribution < 1.29 is 9.53 Å².